The van der Waals surface area contributed by atoms with Crippen molar-refractivity contribution in [1.29, 1.82) is 0 Å². The monoisotopic (exact) mass is 194 g/mol. The molecule has 0 bridgehead atoms. The van der Waals surface area contributed by atoms with E-state index < -0.39 is 0 Å². The SMILES string of the molecule is C=Cc1c(C(=C)C)ccc2ccccc12. The molecule has 74 valence electrons. The number of rotatable bonds is 2. The predicted octanol–water partition coefficient (Wildman–Crippen LogP) is 4.52. The van der Waals surface area contributed by atoms with E-state index in [1.54, 1.807) is 0 Å². The predicted molar refractivity (Wildman–Crippen MR) is 68.7 cm³/mol. The van der Waals surface area contributed by atoms with Crippen molar-refractivity contribution in [2.45, 2.75) is 6.92 Å². The van der Waals surface area contributed by atoms with Crippen molar-refractivity contribution in [3.05, 3.63) is 60.7 Å². The molecule has 0 amide bonds. The Morgan fingerprint density at radius 1 is 1.13 bits per heavy atom. The van der Waals surface area contributed by atoms with Gasteiger partial charge in [0.25, 0.3) is 0 Å². The van der Waals surface area contributed by atoms with Crippen LogP contribution in [0.3, 0.4) is 0 Å². The van der Waals surface area contributed by atoms with Gasteiger partial charge in [0, 0.05) is 0 Å². The lowest BCUT2D eigenvalue weighted by atomic mass is 9.95. The molecule has 0 fully saturated rings. The molecule has 0 aliphatic rings. The Kier molecular flexibility index (Phi) is 2.42. The van der Waals surface area contributed by atoms with Crippen LogP contribution in [0.1, 0.15) is 18.1 Å². The molecule has 0 saturated heterocycles. The summed E-state index contributed by atoms with van der Waals surface area (Å²) in [4.78, 5) is 0. The molecule has 0 aliphatic carbocycles. The molecule has 0 heteroatoms. The van der Waals surface area contributed by atoms with Gasteiger partial charge in [0.15, 0.2) is 0 Å². The van der Waals surface area contributed by atoms with Gasteiger partial charge >= 0.3 is 0 Å². The second-order valence-electron chi connectivity index (χ2n) is 3.73. The quantitative estimate of drug-likeness (QED) is 0.659. The smallest absolute Gasteiger partial charge is 0.0106 e. The largest absolute Gasteiger partial charge is 0.0984 e. The fraction of sp³-hybridized carbons (Fsp3) is 0.0667. The lowest BCUT2D eigenvalue weighted by Gasteiger charge is -2.09. The average molecular weight is 194 g/mol. The molecule has 0 heterocycles. The first-order valence-electron chi connectivity index (χ1n) is 5.04. The maximum atomic E-state index is 3.99. The van der Waals surface area contributed by atoms with E-state index in [1.165, 1.54) is 21.9 Å². The number of fused-ring (bicyclic) bond motifs is 1. The average Bonchev–Trinajstić information content (AvgIpc) is 2.27. The third-order valence-electron chi connectivity index (χ3n) is 2.63. The molecule has 0 saturated carbocycles. The number of hydrogen-bond donors (Lipinski definition) is 0. The summed E-state index contributed by atoms with van der Waals surface area (Å²) in [7, 11) is 0. The number of benzene rings is 2. The van der Waals surface area contributed by atoms with E-state index in [1.807, 2.05) is 13.0 Å². The van der Waals surface area contributed by atoms with Crippen molar-refractivity contribution in [3.63, 3.8) is 0 Å². The molecule has 15 heavy (non-hydrogen) atoms. The van der Waals surface area contributed by atoms with E-state index in [0.29, 0.717) is 0 Å². The summed E-state index contributed by atoms with van der Waals surface area (Å²) in [6.07, 6.45) is 1.91. The Labute approximate surface area is 90.6 Å². The molecule has 0 unspecified atom stereocenters. The molecule has 0 aliphatic heterocycles. The standard InChI is InChI=1S/C15H14/c1-4-13-14(11(2)3)10-9-12-7-5-6-8-15(12)13/h4-10H,1-2H2,3H3. The molecule has 0 spiro atoms. The molecular formula is C15H14. The van der Waals surface area contributed by atoms with Crippen molar-refractivity contribution in [1.82, 2.24) is 0 Å². The topological polar surface area (TPSA) is 0 Å². The normalized spacial score (nSPS) is 10.2. The zero-order valence-electron chi connectivity index (χ0n) is 8.96. The first-order valence-corrected chi connectivity index (χ1v) is 5.04. The van der Waals surface area contributed by atoms with Crippen molar-refractivity contribution in [2.24, 2.45) is 0 Å². The van der Waals surface area contributed by atoms with Gasteiger partial charge in [0.05, 0.1) is 0 Å². The maximum absolute atomic E-state index is 3.99. The molecule has 2 aromatic carbocycles. The second-order valence-corrected chi connectivity index (χ2v) is 3.73. The zero-order valence-corrected chi connectivity index (χ0v) is 8.96. The van der Waals surface area contributed by atoms with Crippen LogP contribution in [0.5, 0.6) is 0 Å². The highest BCUT2D eigenvalue weighted by atomic mass is 14.1. The highest BCUT2D eigenvalue weighted by Gasteiger charge is 2.04. The minimum Gasteiger partial charge on any atom is -0.0984 e. The first kappa shape index (κ1) is 9.72. The Morgan fingerprint density at radius 3 is 2.53 bits per heavy atom. The number of hydrogen-bond acceptors (Lipinski definition) is 0. The van der Waals surface area contributed by atoms with Gasteiger partial charge in [-0.15, -0.1) is 0 Å². The van der Waals surface area contributed by atoms with E-state index >= 15 is 0 Å². The van der Waals surface area contributed by atoms with Crippen LogP contribution < -0.4 is 0 Å². The van der Waals surface area contributed by atoms with Crippen LogP contribution in [0.4, 0.5) is 0 Å². The van der Waals surface area contributed by atoms with Crippen molar-refractivity contribution in [2.75, 3.05) is 0 Å². The van der Waals surface area contributed by atoms with Crippen LogP contribution in [0.15, 0.2) is 49.6 Å². The van der Waals surface area contributed by atoms with E-state index in [-0.39, 0.29) is 0 Å². The van der Waals surface area contributed by atoms with Crippen LogP contribution in [0, 0.1) is 0 Å². The van der Waals surface area contributed by atoms with Crippen LogP contribution in [0.2, 0.25) is 0 Å². The fourth-order valence-corrected chi connectivity index (χ4v) is 1.89. The molecule has 0 aromatic heterocycles. The summed E-state index contributed by atoms with van der Waals surface area (Å²) >= 11 is 0. The van der Waals surface area contributed by atoms with Crippen molar-refractivity contribution < 1.29 is 0 Å². The zero-order chi connectivity index (χ0) is 10.8. The maximum Gasteiger partial charge on any atom is -0.0106 e. The molecule has 2 aromatic rings. The minimum atomic E-state index is 1.08. The Morgan fingerprint density at radius 2 is 1.87 bits per heavy atom. The van der Waals surface area contributed by atoms with Gasteiger partial charge in [0.1, 0.15) is 0 Å². The Hall–Kier alpha value is -1.82. The summed E-state index contributed by atoms with van der Waals surface area (Å²) in [6.45, 7) is 9.90. The van der Waals surface area contributed by atoms with Crippen LogP contribution >= 0.6 is 0 Å². The number of allylic oxidation sites excluding steroid dienone is 1. The molecule has 0 nitrogen and oxygen atoms in total. The van der Waals surface area contributed by atoms with E-state index in [4.69, 9.17) is 0 Å². The van der Waals surface area contributed by atoms with Crippen LogP contribution in [-0.2, 0) is 0 Å². The van der Waals surface area contributed by atoms with Crippen molar-refractivity contribution in [3.8, 4) is 0 Å². The Balaban J connectivity index is 2.87. The van der Waals surface area contributed by atoms with Gasteiger partial charge in [-0.1, -0.05) is 61.2 Å². The van der Waals surface area contributed by atoms with E-state index in [9.17, 15) is 0 Å². The molecule has 2 rings (SSSR count). The van der Waals surface area contributed by atoms with Gasteiger partial charge in [-0.2, -0.15) is 0 Å². The minimum absolute atomic E-state index is 1.08. The van der Waals surface area contributed by atoms with Gasteiger partial charge in [0.2, 0.25) is 0 Å². The van der Waals surface area contributed by atoms with E-state index in [0.717, 1.165) is 5.57 Å². The highest BCUT2D eigenvalue weighted by Crippen LogP contribution is 2.27. The first-order chi connectivity index (χ1) is 7.24. The molecule has 0 N–H and O–H groups in total. The third-order valence-corrected chi connectivity index (χ3v) is 2.63. The summed E-state index contributed by atoms with van der Waals surface area (Å²) < 4.78 is 0. The second kappa shape index (κ2) is 3.74. The fourth-order valence-electron chi connectivity index (χ4n) is 1.89. The van der Waals surface area contributed by atoms with Crippen LogP contribution in [-0.4, -0.2) is 0 Å². The van der Waals surface area contributed by atoms with Crippen LogP contribution in [0.25, 0.3) is 22.4 Å². The summed E-state index contributed by atoms with van der Waals surface area (Å²) in [5, 5.41) is 2.49. The van der Waals surface area contributed by atoms with Crippen molar-refractivity contribution >= 4 is 22.4 Å². The van der Waals surface area contributed by atoms with Gasteiger partial charge in [-0.05, 0) is 28.8 Å². The van der Waals surface area contributed by atoms with Gasteiger partial charge in [-0.25, -0.2) is 0 Å². The highest BCUT2D eigenvalue weighted by molar-refractivity contribution is 5.95. The molecular weight excluding hydrogens is 180 g/mol. The third kappa shape index (κ3) is 1.59. The molecule has 0 atom stereocenters. The van der Waals surface area contributed by atoms with Gasteiger partial charge < -0.3 is 0 Å². The van der Waals surface area contributed by atoms with Gasteiger partial charge in [-0.3, -0.25) is 0 Å². The molecule has 0 radical (unpaired) electrons. The lowest BCUT2D eigenvalue weighted by molar-refractivity contribution is 1.59. The lowest BCUT2D eigenvalue weighted by Crippen LogP contribution is -1.86. The van der Waals surface area contributed by atoms with E-state index in [2.05, 4.69) is 49.6 Å². The summed E-state index contributed by atoms with van der Waals surface area (Å²) in [6, 6.07) is 12.6. The summed E-state index contributed by atoms with van der Waals surface area (Å²) in [5.74, 6) is 0. The Bertz CT molecular complexity index is 533. The summed E-state index contributed by atoms with van der Waals surface area (Å²) in [5.41, 5.74) is 3.44.